The zero-order valence-electron chi connectivity index (χ0n) is 33.1. The third-order valence-corrected chi connectivity index (χ3v) is 9.85. The van der Waals surface area contributed by atoms with E-state index in [9.17, 15) is 14.7 Å². The Morgan fingerprint density at radius 2 is 1.60 bits per heavy atom. The first-order chi connectivity index (χ1) is 24.5. The summed E-state index contributed by atoms with van der Waals surface area (Å²) in [7, 11) is 2.07. The standard InChI is InChI=1S/C34H45N5O3S.C5H10O2.C2H6/c1-21-9-7-10-22(2)30(21)28-14-29(38-32(37-28)39-43-27-12-8-11-23(13-27)31(40)41)42-20-26(15-33(3,4)5)36-25-18-34(19-25)16-24(17-34)35-6;1-5(2,3)7-4-6;1-2/h7-14,24-26,35-36H,15-20H2,1-6H3,(H,40,41)(H,37,38,39);4H,1-3H3;1-2H3. The van der Waals surface area contributed by atoms with Crippen LogP contribution in [-0.2, 0) is 9.53 Å². The number of benzene rings is 2. The van der Waals surface area contributed by atoms with Crippen LogP contribution in [0.3, 0.4) is 0 Å². The van der Waals surface area contributed by atoms with Crippen molar-refractivity contribution in [3.8, 4) is 17.1 Å². The third-order valence-electron chi connectivity index (χ3n) is 9.07. The predicted molar refractivity (Wildman–Crippen MR) is 212 cm³/mol. The molecule has 0 radical (unpaired) electrons. The monoisotopic (exact) mass is 735 g/mol. The highest BCUT2D eigenvalue weighted by Crippen LogP contribution is 2.56. The van der Waals surface area contributed by atoms with Gasteiger partial charge < -0.3 is 25.2 Å². The van der Waals surface area contributed by atoms with Gasteiger partial charge in [0.25, 0.3) is 6.47 Å². The molecule has 1 aromatic heterocycles. The van der Waals surface area contributed by atoms with Gasteiger partial charge in [-0.2, -0.15) is 4.98 Å². The number of hydrogen-bond donors (Lipinski definition) is 4. The zero-order chi connectivity index (χ0) is 38.7. The molecule has 1 unspecified atom stereocenters. The first-order valence-corrected chi connectivity index (χ1v) is 19.2. The van der Waals surface area contributed by atoms with Crippen molar-refractivity contribution >= 4 is 30.3 Å². The number of ether oxygens (including phenoxy) is 2. The molecule has 3 aromatic rings. The second-order valence-electron chi connectivity index (χ2n) is 16.0. The molecule has 1 heterocycles. The van der Waals surface area contributed by atoms with E-state index in [1.54, 1.807) is 18.2 Å². The maximum absolute atomic E-state index is 11.4. The van der Waals surface area contributed by atoms with Gasteiger partial charge in [-0.3, -0.25) is 9.52 Å². The molecule has 2 saturated carbocycles. The minimum atomic E-state index is -0.961. The van der Waals surface area contributed by atoms with Crippen molar-refractivity contribution in [2.24, 2.45) is 10.8 Å². The number of nitrogens with one attached hydrogen (secondary N) is 3. The number of carbonyl (C=O) groups is 2. The van der Waals surface area contributed by atoms with Gasteiger partial charge in [0.2, 0.25) is 11.8 Å². The summed E-state index contributed by atoms with van der Waals surface area (Å²) >= 11 is 1.28. The summed E-state index contributed by atoms with van der Waals surface area (Å²) in [5.41, 5.74) is 4.69. The molecule has 5 rings (SSSR count). The maximum Gasteiger partial charge on any atom is 0.335 e. The molecule has 0 bridgehead atoms. The molecule has 4 N–H and O–H groups in total. The number of hydrogen-bond acceptors (Lipinski definition) is 10. The van der Waals surface area contributed by atoms with Crippen molar-refractivity contribution in [3.05, 3.63) is 65.2 Å². The van der Waals surface area contributed by atoms with Crippen molar-refractivity contribution in [1.82, 2.24) is 20.6 Å². The molecule has 2 fully saturated rings. The van der Waals surface area contributed by atoms with Crippen LogP contribution in [0.2, 0.25) is 0 Å². The molecule has 11 heteroatoms. The number of carboxylic acid groups (broad SMARTS) is 1. The van der Waals surface area contributed by atoms with Gasteiger partial charge in [-0.25, -0.2) is 9.78 Å². The van der Waals surface area contributed by atoms with E-state index in [1.165, 1.54) is 37.6 Å². The van der Waals surface area contributed by atoms with E-state index in [-0.39, 0.29) is 22.6 Å². The lowest BCUT2D eigenvalue weighted by Gasteiger charge is -2.58. The van der Waals surface area contributed by atoms with Crippen molar-refractivity contribution in [3.63, 3.8) is 0 Å². The van der Waals surface area contributed by atoms with Gasteiger partial charge in [0, 0.05) is 34.7 Å². The van der Waals surface area contributed by atoms with Crippen molar-refractivity contribution in [2.75, 3.05) is 18.4 Å². The van der Waals surface area contributed by atoms with Gasteiger partial charge in [-0.1, -0.05) is 58.9 Å². The highest BCUT2D eigenvalue weighted by atomic mass is 32.2. The summed E-state index contributed by atoms with van der Waals surface area (Å²) in [6.07, 6.45) is 6.05. The number of carboxylic acids is 1. The van der Waals surface area contributed by atoms with Gasteiger partial charge in [-0.15, -0.1) is 0 Å². The summed E-state index contributed by atoms with van der Waals surface area (Å²) in [5, 5.41) is 16.7. The lowest BCUT2D eigenvalue weighted by Crippen LogP contribution is -2.61. The normalized spacial score (nSPS) is 19.8. The van der Waals surface area contributed by atoms with E-state index < -0.39 is 5.97 Å². The van der Waals surface area contributed by atoms with Gasteiger partial charge in [-0.05, 0) is 126 Å². The topological polar surface area (TPSA) is 135 Å². The Hall–Kier alpha value is -3.67. The fourth-order valence-corrected chi connectivity index (χ4v) is 7.52. The number of anilines is 1. The molecular weight excluding hydrogens is 675 g/mol. The van der Waals surface area contributed by atoms with Crippen LogP contribution in [0.25, 0.3) is 11.3 Å². The molecule has 10 nitrogen and oxygen atoms in total. The number of aromatic carboxylic acids is 1. The lowest BCUT2D eigenvalue weighted by molar-refractivity contribution is -0.138. The van der Waals surface area contributed by atoms with Crippen LogP contribution < -0.4 is 20.1 Å². The molecule has 286 valence electrons. The Labute approximate surface area is 315 Å². The number of carbonyl (C=O) groups excluding carboxylic acids is 1. The summed E-state index contributed by atoms with van der Waals surface area (Å²) in [6, 6.07) is 16.3. The Kier molecular flexibility index (Phi) is 15.5. The third kappa shape index (κ3) is 13.1. The quantitative estimate of drug-likeness (QED) is 0.0991. The van der Waals surface area contributed by atoms with Gasteiger partial charge >= 0.3 is 5.97 Å². The molecule has 1 spiro atoms. The smallest absolute Gasteiger partial charge is 0.335 e. The minimum Gasteiger partial charge on any atom is -0.478 e. The fraction of sp³-hybridized carbons (Fsp3) is 0.561. The molecule has 2 aliphatic carbocycles. The van der Waals surface area contributed by atoms with Crippen molar-refractivity contribution < 1.29 is 24.2 Å². The Morgan fingerprint density at radius 3 is 2.13 bits per heavy atom. The first-order valence-electron chi connectivity index (χ1n) is 18.4. The summed E-state index contributed by atoms with van der Waals surface area (Å²) in [4.78, 5) is 31.3. The van der Waals surface area contributed by atoms with Crippen molar-refractivity contribution in [1.29, 1.82) is 0 Å². The molecule has 0 amide bonds. The molecule has 2 aliphatic rings. The zero-order valence-corrected chi connectivity index (χ0v) is 33.9. The second-order valence-corrected chi connectivity index (χ2v) is 16.9. The van der Waals surface area contributed by atoms with Crippen LogP contribution >= 0.6 is 11.9 Å². The van der Waals surface area contributed by atoms with Crippen LogP contribution in [0.1, 0.15) is 109 Å². The van der Waals surface area contributed by atoms with Crippen LogP contribution in [-0.4, -0.2) is 64.9 Å². The van der Waals surface area contributed by atoms with E-state index in [1.807, 2.05) is 52.8 Å². The minimum absolute atomic E-state index is 0.152. The van der Waals surface area contributed by atoms with E-state index in [2.05, 4.69) is 73.9 Å². The van der Waals surface area contributed by atoms with Crippen LogP contribution in [0.15, 0.2) is 53.4 Å². The van der Waals surface area contributed by atoms with Gasteiger partial charge in [0.15, 0.2) is 0 Å². The van der Waals surface area contributed by atoms with Crippen LogP contribution in [0, 0.1) is 24.7 Å². The molecule has 0 saturated heterocycles. The Balaban J connectivity index is 0.000000726. The fourth-order valence-electron chi connectivity index (χ4n) is 6.88. The van der Waals surface area contributed by atoms with E-state index in [0.29, 0.717) is 42.4 Å². The van der Waals surface area contributed by atoms with Crippen LogP contribution in [0.4, 0.5) is 5.95 Å². The molecule has 52 heavy (non-hydrogen) atoms. The number of nitrogens with zero attached hydrogens (tertiary/aromatic N) is 2. The summed E-state index contributed by atoms with van der Waals surface area (Å²) < 4.78 is 14.2. The summed E-state index contributed by atoms with van der Waals surface area (Å²) in [6.45, 7) is 21.4. The number of aromatic nitrogens is 2. The average molecular weight is 736 g/mol. The van der Waals surface area contributed by atoms with E-state index >= 15 is 0 Å². The van der Waals surface area contributed by atoms with Crippen molar-refractivity contribution in [2.45, 2.75) is 130 Å². The average Bonchev–Trinajstić information content (AvgIpc) is 3.03. The number of rotatable bonds is 13. The molecule has 2 aromatic carbocycles. The first kappa shape index (κ1) is 42.7. The molecular formula is C41H61N5O5S. The molecule has 1 atom stereocenters. The largest absolute Gasteiger partial charge is 0.478 e. The van der Waals surface area contributed by atoms with E-state index in [0.717, 1.165) is 33.7 Å². The van der Waals surface area contributed by atoms with Gasteiger partial charge in [0.1, 0.15) is 12.2 Å². The number of aryl methyl sites for hydroxylation is 2. The maximum atomic E-state index is 11.4. The SMILES string of the molecule is CC.CC(C)(C)OC=O.CNC1CC2(C1)CC(NC(COc1cc(-c3c(C)cccc3C)nc(NSc3cccc(C(=O)O)c3)n1)CC(C)(C)C)C2. The van der Waals surface area contributed by atoms with Gasteiger partial charge in [0.05, 0.1) is 11.3 Å². The second kappa shape index (κ2) is 18.9. The highest BCUT2D eigenvalue weighted by molar-refractivity contribution is 8.00. The highest BCUT2D eigenvalue weighted by Gasteiger charge is 2.52. The van der Waals surface area contributed by atoms with E-state index in [4.69, 9.17) is 14.7 Å². The lowest BCUT2D eigenvalue weighted by atomic mass is 9.52. The Morgan fingerprint density at radius 1 is 0.981 bits per heavy atom. The van der Waals surface area contributed by atoms with Crippen LogP contribution in [0.5, 0.6) is 5.88 Å². The summed E-state index contributed by atoms with van der Waals surface area (Å²) in [5.74, 6) is -0.0420. The Bertz CT molecular complexity index is 1590. The molecule has 0 aliphatic heterocycles. The predicted octanol–water partition coefficient (Wildman–Crippen LogP) is 8.87.